The molecule has 1 heterocycles. The largest absolute Gasteiger partial charge is 0.481 e. The fourth-order valence-corrected chi connectivity index (χ4v) is 2.72. The number of thiophene rings is 1. The first-order valence-electron chi connectivity index (χ1n) is 6.01. The lowest BCUT2D eigenvalue weighted by molar-refractivity contribution is -0.140. The zero-order valence-electron chi connectivity index (χ0n) is 10.6. The first kappa shape index (κ1) is 13.6. The zero-order valence-corrected chi connectivity index (χ0v) is 11.4. The summed E-state index contributed by atoms with van der Waals surface area (Å²) in [6.45, 7) is 0.558. The average Bonchev–Trinajstić information content (AvgIpc) is 2.99. The van der Waals surface area contributed by atoms with E-state index in [0.717, 1.165) is 4.88 Å². The van der Waals surface area contributed by atoms with Crippen molar-refractivity contribution in [2.45, 2.75) is 19.0 Å². The molecular formula is C13H16N2O3S. The van der Waals surface area contributed by atoms with Gasteiger partial charge < -0.3 is 15.3 Å². The average molecular weight is 280 g/mol. The summed E-state index contributed by atoms with van der Waals surface area (Å²) < 4.78 is 0. The molecule has 5 nitrogen and oxygen atoms in total. The molecule has 6 heteroatoms. The lowest BCUT2D eigenvalue weighted by Crippen LogP contribution is -2.41. The Morgan fingerprint density at radius 3 is 2.89 bits per heavy atom. The van der Waals surface area contributed by atoms with Gasteiger partial charge in [-0.25, -0.2) is 4.79 Å². The second kappa shape index (κ2) is 5.88. The molecule has 1 aromatic heterocycles. The smallest absolute Gasteiger partial charge is 0.317 e. The summed E-state index contributed by atoms with van der Waals surface area (Å²) in [7, 11) is 1.72. The molecule has 2 N–H and O–H groups in total. The van der Waals surface area contributed by atoms with Gasteiger partial charge in [0, 0.05) is 11.9 Å². The van der Waals surface area contributed by atoms with E-state index in [-0.39, 0.29) is 12.1 Å². The molecule has 0 fully saturated rings. The minimum absolute atomic E-state index is 0.186. The van der Waals surface area contributed by atoms with Crippen LogP contribution in [0.4, 0.5) is 4.79 Å². The number of rotatable bonds is 4. The van der Waals surface area contributed by atoms with Crippen molar-refractivity contribution < 1.29 is 14.7 Å². The molecule has 2 unspecified atom stereocenters. The van der Waals surface area contributed by atoms with Crippen molar-refractivity contribution in [2.24, 2.45) is 5.92 Å². The van der Waals surface area contributed by atoms with Crippen LogP contribution in [0.5, 0.6) is 0 Å². The number of carboxylic acid groups (broad SMARTS) is 1. The molecule has 0 saturated carbocycles. The van der Waals surface area contributed by atoms with Crippen LogP contribution >= 0.6 is 11.3 Å². The van der Waals surface area contributed by atoms with Gasteiger partial charge in [0.2, 0.25) is 0 Å². The lowest BCUT2D eigenvalue weighted by atomic mass is 10.1. The summed E-state index contributed by atoms with van der Waals surface area (Å²) in [4.78, 5) is 25.5. The van der Waals surface area contributed by atoms with Crippen LogP contribution in [0.25, 0.3) is 0 Å². The quantitative estimate of drug-likeness (QED) is 0.828. The fraction of sp³-hybridized carbons (Fsp3) is 0.385. The Hall–Kier alpha value is -1.82. The number of hydrogen-bond acceptors (Lipinski definition) is 3. The first-order valence-corrected chi connectivity index (χ1v) is 6.89. The second-order valence-electron chi connectivity index (χ2n) is 4.56. The van der Waals surface area contributed by atoms with Crippen LogP contribution in [-0.2, 0) is 11.3 Å². The molecule has 0 spiro atoms. The zero-order chi connectivity index (χ0) is 13.8. The Morgan fingerprint density at radius 2 is 2.32 bits per heavy atom. The van der Waals surface area contributed by atoms with Crippen molar-refractivity contribution in [3.63, 3.8) is 0 Å². The van der Waals surface area contributed by atoms with Crippen LogP contribution in [0.1, 0.15) is 11.3 Å². The predicted octanol–water partition coefficient (Wildman–Crippen LogP) is 1.92. The molecule has 102 valence electrons. The maximum Gasteiger partial charge on any atom is 0.317 e. The minimum Gasteiger partial charge on any atom is -0.481 e. The van der Waals surface area contributed by atoms with E-state index in [9.17, 15) is 9.59 Å². The van der Waals surface area contributed by atoms with Crippen LogP contribution < -0.4 is 5.32 Å². The van der Waals surface area contributed by atoms with Crippen molar-refractivity contribution in [2.75, 3.05) is 7.05 Å². The number of carbonyl (C=O) groups is 2. The number of carboxylic acids is 1. The van der Waals surface area contributed by atoms with Crippen LogP contribution in [0.2, 0.25) is 0 Å². The Balaban J connectivity index is 1.81. The van der Waals surface area contributed by atoms with Crippen molar-refractivity contribution in [1.82, 2.24) is 10.2 Å². The van der Waals surface area contributed by atoms with Gasteiger partial charge in [-0.05, 0) is 17.9 Å². The van der Waals surface area contributed by atoms with Crippen LogP contribution in [0.3, 0.4) is 0 Å². The third-order valence-corrected chi connectivity index (χ3v) is 3.89. The molecule has 1 aromatic rings. The number of nitrogens with zero attached hydrogens (tertiary/aromatic N) is 1. The molecule has 0 saturated heterocycles. The third kappa shape index (κ3) is 3.57. The van der Waals surface area contributed by atoms with Gasteiger partial charge in [-0.15, -0.1) is 11.3 Å². The van der Waals surface area contributed by atoms with E-state index in [4.69, 9.17) is 5.11 Å². The highest BCUT2D eigenvalue weighted by Crippen LogP contribution is 2.18. The second-order valence-corrected chi connectivity index (χ2v) is 5.59. The van der Waals surface area contributed by atoms with Gasteiger partial charge >= 0.3 is 12.0 Å². The molecule has 0 aromatic carbocycles. The Labute approximate surface area is 115 Å². The summed E-state index contributed by atoms with van der Waals surface area (Å²) in [5.74, 6) is -1.34. The maximum atomic E-state index is 11.9. The number of hydrogen-bond donors (Lipinski definition) is 2. The summed E-state index contributed by atoms with van der Waals surface area (Å²) >= 11 is 1.60. The van der Waals surface area contributed by atoms with Gasteiger partial charge in [-0.1, -0.05) is 18.2 Å². The molecule has 2 rings (SSSR count). The fourth-order valence-electron chi connectivity index (χ4n) is 1.97. The van der Waals surface area contributed by atoms with Gasteiger partial charge in [-0.2, -0.15) is 0 Å². The molecule has 1 aliphatic carbocycles. The molecular weight excluding hydrogens is 264 g/mol. The highest BCUT2D eigenvalue weighted by Gasteiger charge is 2.26. The van der Waals surface area contributed by atoms with Crippen molar-refractivity contribution in [3.8, 4) is 0 Å². The SMILES string of the molecule is CN(Cc1cccs1)C(=O)NC1C=CC(C(=O)O)C1. The molecule has 1 aliphatic rings. The standard InChI is InChI=1S/C13H16N2O3S/c1-15(8-11-3-2-6-19-11)13(18)14-10-5-4-9(7-10)12(16)17/h2-6,9-10H,7-8H2,1H3,(H,14,18)(H,16,17). The molecule has 0 bridgehead atoms. The van der Waals surface area contributed by atoms with Gasteiger partial charge in [0.1, 0.15) is 0 Å². The summed E-state index contributed by atoms with van der Waals surface area (Å²) in [6, 6.07) is 3.54. The Morgan fingerprint density at radius 1 is 1.53 bits per heavy atom. The van der Waals surface area contributed by atoms with E-state index in [1.165, 1.54) is 0 Å². The molecule has 19 heavy (non-hydrogen) atoms. The maximum absolute atomic E-state index is 11.9. The van der Waals surface area contributed by atoms with Gasteiger partial charge in [0.25, 0.3) is 0 Å². The highest BCUT2D eigenvalue weighted by molar-refractivity contribution is 7.09. The van der Waals surface area contributed by atoms with Crippen molar-refractivity contribution >= 4 is 23.3 Å². The van der Waals surface area contributed by atoms with Crippen molar-refractivity contribution in [1.29, 1.82) is 0 Å². The molecule has 0 radical (unpaired) electrons. The van der Waals surface area contributed by atoms with E-state index in [1.54, 1.807) is 35.4 Å². The van der Waals surface area contributed by atoms with Crippen molar-refractivity contribution in [3.05, 3.63) is 34.5 Å². The summed E-state index contributed by atoms with van der Waals surface area (Å²) in [6.07, 6.45) is 3.80. The molecule has 2 amide bonds. The van der Waals surface area contributed by atoms with E-state index < -0.39 is 11.9 Å². The Bertz CT molecular complexity index is 484. The van der Waals surface area contributed by atoms with Gasteiger partial charge in [0.15, 0.2) is 0 Å². The van der Waals surface area contributed by atoms with Crippen LogP contribution in [0, 0.1) is 5.92 Å². The van der Waals surface area contributed by atoms with E-state index in [0.29, 0.717) is 13.0 Å². The highest BCUT2D eigenvalue weighted by atomic mass is 32.1. The number of urea groups is 1. The number of amides is 2. The number of nitrogens with one attached hydrogen (secondary N) is 1. The number of aliphatic carboxylic acids is 1. The first-order chi connectivity index (χ1) is 9.06. The van der Waals surface area contributed by atoms with Gasteiger partial charge in [0.05, 0.1) is 18.5 Å². The van der Waals surface area contributed by atoms with E-state index in [2.05, 4.69) is 5.32 Å². The number of carbonyl (C=O) groups excluding carboxylic acids is 1. The summed E-state index contributed by atoms with van der Waals surface area (Å²) in [5, 5.41) is 13.7. The molecule has 2 atom stereocenters. The molecule has 0 aliphatic heterocycles. The minimum atomic E-state index is -0.847. The summed E-state index contributed by atoms with van der Waals surface area (Å²) in [5.41, 5.74) is 0. The third-order valence-electron chi connectivity index (χ3n) is 3.03. The lowest BCUT2D eigenvalue weighted by Gasteiger charge is -2.20. The predicted molar refractivity (Wildman–Crippen MR) is 73.0 cm³/mol. The van der Waals surface area contributed by atoms with Crippen LogP contribution in [0.15, 0.2) is 29.7 Å². The van der Waals surface area contributed by atoms with E-state index in [1.807, 2.05) is 17.5 Å². The van der Waals surface area contributed by atoms with E-state index >= 15 is 0 Å². The van der Waals surface area contributed by atoms with Gasteiger partial charge in [-0.3, -0.25) is 4.79 Å². The topological polar surface area (TPSA) is 69.6 Å². The Kier molecular flexibility index (Phi) is 4.21. The monoisotopic (exact) mass is 280 g/mol. The van der Waals surface area contributed by atoms with Crippen LogP contribution in [-0.4, -0.2) is 35.1 Å². The normalized spacial score (nSPS) is 21.3.